The standard InChI is InChI=1S/C12H18BrNO2S/c1-12(2,3)16-11(15)4-8(6-14)10-5-9(13)7-17-10/h5,7-8H,4,6,14H2,1-3H3. The van der Waals surface area contributed by atoms with Gasteiger partial charge in [0.1, 0.15) is 5.60 Å². The zero-order chi connectivity index (χ0) is 13.1. The van der Waals surface area contributed by atoms with Crippen molar-refractivity contribution in [3.8, 4) is 0 Å². The van der Waals surface area contributed by atoms with Crippen molar-refractivity contribution < 1.29 is 9.53 Å². The number of rotatable bonds is 4. The molecule has 0 aliphatic heterocycles. The average molecular weight is 320 g/mol. The topological polar surface area (TPSA) is 52.3 Å². The Bertz CT molecular complexity index is 384. The summed E-state index contributed by atoms with van der Waals surface area (Å²) in [5.74, 6) is -0.154. The molecule has 5 heteroatoms. The molecule has 0 aliphatic rings. The van der Waals surface area contributed by atoms with Gasteiger partial charge in [0.2, 0.25) is 0 Å². The molecule has 0 aromatic carbocycles. The van der Waals surface area contributed by atoms with Gasteiger partial charge in [-0.25, -0.2) is 0 Å². The fourth-order valence-corrected chi connectivity index (χ4v) is 2.99. The first-order valence-corrected chi connectivity index (χ1v) is 7.15. The first-order chi connectivity index (χ1) is 7.81. The molecule has 1 rings (SSSR count). The molecule has 1 unspecified atom stereocenters. The highest BCUT2D eigenvalue weighted by molar-refractivity contribution is 9.10. The van der Waals surface area contributed by atoms with Gasteiger partial charge in [0.25, 0.3) is 0 Å². The monoisotopic (exact) mass is 319 g/mol. The Labute approximate surface area is 114 Å². The third-order valence-corrected chi connectivity index (χ3v) is 3.96. The maximum atomic E-state index is 11.7. The van der Waals surface area contributed by atoms with Crippen LogP contribution in [0.1, 0.15) is 38.0 Å². The second kappa shape index (κ2) is 5.98. The summed E-state index contributed by atoms with van der Waals surface area (Å²) in [5.41, 5.74) is 5.27. The maximum absolute atomic E-state index is 11.7. The highest BCUT2D eigenvalue weighted by atomic mass is 79.9. The van der Waals surface area contributed by atoms with Gasteiger partial charge in [0.15, 0.2) is 0 Å². The smallest absolute Gasteiger partial charge is 0.307 e. The second-order valence-electron chi connectivity index (χ2n) is 4.89. The van der Waals surface area contributed by atoms with Gasteiger partial charge in [0, 0.05) is 27.2 Å². The third kappa shape index (κ3) is 5.19. The number of carbonyl (C=O) groups is 1. The summed E-state index contributed by atoms with van der Waals surface area (Å²) in [7, 11) is 0. The largest absolute Gasteiger partial charge is 0.460 e. The molecule has 17 heavy (non-hydrogen) atoms. The fraction of sp³-hybridized carbons (Fsp3) is 0.583. The molecule has 1 aromatic heterocycles. The zero-order valence-corrected chi connectivity index (χ0v) is 12.7. The van der Waals surface area contributed by atoms with E-state index in [2.05, 4.69) is 15.9 Å². The lowest BCUT2D eigenvalue weighted by molar-refractivity contribution is -0.155. The van der Waals surface area contributed by atoms with Crippen LogP contribution in [0.15, 0.2) is 15.9 Å². The summed E-state index contributed by atoms with van der Waals surface area (Å²) in [4.78, 5) is 12.8. The van der Waals surface area contributed by atoms with Crippen LogP contribution in [-0.2, 0) is 9.53 Å². The van der Waals surface area contributed by atoms with Gasteiger partial charge in [-0.3, -0.25) is 4.79 Å². The normalized spacial score (nSPS) is 13.5. The quantitative estimate of drug-likeness (QED) is 0.866. The van der Waals surface area contributed by atoms with Gasteiger partial charge in [-0.05, 0) is 42.8 Å². The Hall–Kier alpha value is -0.390. The van der Waals surface area contributed by atoms with E-state index >= 15 is 0 Å². The molecule has 0 bridgehead atoms. The first-order valence-electron chi connectivity index (χ1n) is 5.47. The van der Waals surface area contributed by atoms with Gasteiger partial charge >= 0.3 is 5.97 Å². The van der Waals surface area contributed by atoms with Gasteiger partial charge in [-0.2, -0.15) is 0 Å². The molecule has 1 aromatic rings. The van der Waals surface area contributed by atoms with Crippen molar-refractivity contribution in [2.75, 3.05) is 6.54 Å². The highest BCUT2D eigenvalue weighted by Gasteiger charge is 2.21. The lowest BCUT2D eigenvalue weighted by atomic mass is 10.0. The number of hydrogen-bond acceptors (Lipinski definition) is 4. The van der Waals surface area contributed by atoms with Crippen molar-refractivity contribution in [3.63, 3.8) is 0 Å². The van der Waals surface area contributed by atoms with Crippen LogP contribution in [0.3, 0.4) is 0 Å². The number of thiophene rings is 1. The molecule has 0 fully saturated rings. The Balaban J connectivity index is 2.62. The van der Waals surface area contributed by atoms with Crippen molar-refractivity contribution in [2.45, 2.75) is 38.7 Å². The van der Waals surface area contributed by atoms with Gasteiger partial charge in [-0.1, -0.05) is 0 Å². The second-order valence-corrected chi connectivity index (χ2v) is 6.75. The number of ether oxygens (including phenoxy) is 1. The Kier molecular flexibility index (Phi) is 5.16. The molecule has 0 radical (unpaired) electrons. The minimum atomic E-state index is -0.438. The molecule has 3 nitrogen and oxygen atoms in total. The van der Waals surface area contributed by atoms with Crippen molar-refractivity contribution >= 4 is 33.2 Å². The predicted molar refractivity (Wildman–Crippen MR) is 74.3 cm³/mol. The van der Waals surface area contributed by atoms with Crippen molar-refractivity contribution in [1.82, 2.24) is 0 Å². The van der Waals surface area contributed by atoms with Crippen LogP contribution in [0.4, 0.5) is 0 Å². The molecule has 96 valence electrons. The summed E-state index contributed by atoms with van der Waals surface area (Å²) in [6, 6.07) is 2.01. The van der Waals surface area contributed by atoms with Gasteiger partial charge in [0.05, 0.1) is 6.42 Å². The summed E-state index contributed by atoms with van der Waals surface area (Å²) in [5, 5.41) is 1.99. The van der Waals surface area contributed by atoms with Crippen LogP contribution in [0.25, 0.3) is 0 Å². The van der Waals surface area contributed by atoms with E-state index in [4.69, 9.17) is 10.5 Å². The number of esters is 1. The average Bonchev–Trinajstić information content (AvgIpc) is 2.58. The molecule has 1 atom stereocenters. The Morgan fingerprint density at radius 3 is 2.65 bits per heavy atom. The molecule has 0 spiro atoms. The van der Waals surface area contributed by atoms with Crippen molar-refractivity contribution in [2.24, 2.45) is 5.73 Å². The minimum absolute atomic E-state index is 0.0427. The van der Waals surface area contributed by atoms with Crippen molar-refractivity contribution in [1.29, 1.82) is 0 Å². The van der Waals surface area contributed by atoms with E-state index in [0.717, 1.165) is 9.35 Å². The Morgan fingerprint density at radius 2 is 2.24 bits per heavy atom. The molecule has 0 aliphatic carbocycles. The number of nitrogens with two attached hydrogens (primary N) is 1. The summed E-state index contributed by atoms with van der Waals surface area (Å²) < 4.78 is 6.32. The van der Waals surface area contributed by atoms with Gasteiger partial charge < -0.3 is 10.5 Å². The lowest BCUT2D eigenvalue weighted by Crippen LogP contribution is -2.26. The van der Waals surface area contributed by atoms with Crippen molar-refractivity contribution in [3.05, 3.63) is 20.8 Å². The summed E-state index contributed by atoms with van der Waals surface area (Å²) in [6.07, 6.45) is 0.334. The van der Waals surface area contributed by atoms with Crippen LogP contribution >= 0.6 is 27.3 Å². The minimum Gasteiger partial charge on any atom is -0.460 e. The van der Waals surface area contributed by atoms with E-state index in [1.807, 2.05) is 32.2 Å². The molecule has 0 saturated carbocycles. The molecule has 1 heterocycles. The third-order valence-electron chi connectivity index (χ3n) is 2.11. The number of hydrogen-bond donors (Lipinski definition) is 1. The van der Waals surface area contributed by atoms with Crippen LogP contribution < -0.4 is 5.73 Å². The van der Waals surface area contributed by atoms with Crippen LogP contribution in [0.2, 0.25) is 0 Å². The van der Waals surface area contributed by atoms with E-state index in [-0.39, 0.29) is 11.9 Å². The fourth-order valence-electron chi connectivity index (χ4n) is 1.43. The van der Waals surface area contributed by atoms with Crippen LogP contribution in [0.5, 0.6) is 0 Å². The molecular formula is C12H18BrNO2S. The Morgan fingerprint density at radius 1 is 1.59 bits per heavy atom. The van der Waals surface area contributed by atoms with E-state index < -0.39 is 5.60 Å². The maximum Gasteiger partial charge on any atom is 0.307 e. The predicted octanol–water partition coefficient (Wildman–Crippen LogP) is 3.28. The summed E-state index contributed by atoms with van der Waals surface area (Å²) >= 11 is 5.01. The lowest BCUT2D eigenvalue weighted by Gasteiger charge is -2.21. The summed E-state index contributed by atoms with van der Waals surface area (Å²) in [6.45, 7) is 6.05. The molecule has 0 saturated heterocycles. The number of halogens is 1. The van der Waals surface area contributed by atoms with Crippen LogP contribution in [-0.4, -0.2) is 18.1 Å². The highest BCUT2D eigenvalue weighted by Crippen LogP contribution is 2.29. The van der Waals surface area contributed by atoms with Gasteiger partial charge in [-0.15, -0.1) is 11.3 Å². The van der Waals surface area contributed by atoms with E-state index in [1.54, 1.807) is 11.3 Å². The SMILES string of the molecule is CC(C)(C)OC(=O)CC(CN)c1cc(Br)cs1. The number of carbonyl (C=O) groups excluding carboxylic acids is 1. The first kappa shape index (κ1) is 14.7. The van der Waals surface area contributed by atoms with E-state index in [9.17, 15) is 4.79 Å². The van der Waals surface area contributed by atoms with E-state index in [0.29, 0.717) is 13.0 Å². The van der Waals surface area contributed by atoms with Crippen LogP contribution in [0, 0.1) is 0 Å². The molecular weight excluding hydrogens is 302 g/mol. The molecule has 2 N–H and O–H groups in total. The van der Waals surface area contributed by atoms with E-state index in [1.165, 1.54) is 0 Å². The molecule has 0 amide bonds. The zero-order valence-electron chi connectivity index (χ0n) is 10.3.